The summed E-state index contributed by atoms with van der Waals surface area (Å²) in [6, 6.07) is 24.4. The van der Waals surface area contributed by atoms with Gasteiger partial charge in [0, 0.05) is 28.0 Å². The van der Waals surface area contributed by atoms with Gasteiger partial charge in [-0.15, -0.1) is 13.2 Å². The van der Waals surface area contributed by atoms with Crippen LogP contribution >= 0.6 is 0 Å². The van der Waals surface area contributed by atoms with Gasteiger partial charge in [-0.25, -0.2) is 0 Å². The van der Waals surface area contributed by atoms with Crippen molar-refractivity contribution in [3.63, 3.8) is 0 Å². The lowest BCUT2D eigenvalue weighted by atomic mass is 10.0. The van der Waals surface area contributed by atoms with Crippen molar-refractivity contribution in [3.05, 3.63) is 132 Å². The Morgan fingerprint density at radius 3 is 1.44 bits per heavy atom. The van der Waals surface area contributed by atoms with Crippen molar-refractivity contribution < 1.29 is 18.3 Å². The lowest BCUT2D eigenvalue weighted by Crippen LogP contribution is -1.96. The predicted octanol–water partition coefficient (Wildman–Crippen LogP) is 8.07. The Hall–Kier alpha value is -3.86. The Morgan fingerprint density at radius 2 is 1.03 bits per heavy atom. The van der Waals surface area contributed by atoms with Gasteiger partial charge in [-0.3, -0.25) is 0 Å². The highest BCUT2D eigenvalue weighted by Gasteiger charge is 2.19. The molecule has 2 aromatic heterocycles. The molecule has 5 rings (SSSR count). The maximum absolute atomic E-state index is 6.26. The molecule has 4 nitrogen and oxygen atoms in total. The summed E-state index contributed by atoms with van der Waals surface area (Å²) in [4.78, 5) is 0. The number of benzene rings is 3. The van der Waals surface area contributed by atoms with Gasteiger partial charge in [-0.2, -0.15) is 0 Å². The fourth-order valence-electron chi connectivity index (χ4n) is 4.53. The van der Waals surface area contributed by atoms with E-state index in [2.05, 4.69) is 43.5 Å². The second-order valence-corrected chi connectivity index (χ2v) is 8.79. The smallest absolute Gasteiger partial charge is 0.138 e. The fourth-order valence-corrected chi connectivity index (χ4v) is 4.53. The minimum Gasteiger partial charge on any atom is -0.458 e. The summed E-state index contributed by atoms with van der Waals surface area (Å²) in [5, 5.41) is 2.12. The first-order valence-electron chi connectivity index (χ1n) is 12.2. The summed E-state index contributed by atoms with van der Waals surface area (Å²) in [5.41, 5.74) is 6.03. The zero-order chi connectivity index (χ0) is 24.7. The van der Waals surface area contributed by atoms with Gasteiger partial charge in [0.25, 0.3) is 0 Å². The van der Waals surface area contributed by atoms with Gasteiger partial charge in [-0.1, -0.05) is 72.8 Å². The van der Waals surface area contributed by atoms with E-state index in [0.29, 0.717) is 39.3 Å². The summed E-state index contributed by atoms with van der Waals surface area (Å²) in [7, 11) is 0. The highest BCUT2D eigenvalue weighted by atomic mass is 16.5. The maximum Gasteiger partial charge on any atom is 0.138 e. The van der Waals surface area contributed by atoms with E-state index >= 15 is 0 Å². The second kappa shape index (κ2) is 11.3. The Labute approximate surface area is 211 Å². The van der Waals surface area contributed by atoms with Crippen LogP contribution in [0.4, 0.5) is 0 Å². The monoisotopic (exact) mass is 478 g/mol. The van der Waals surface area contributed by atoms with Crippen LogP contribution in [0.2, 0.25) is 0 Å². The van der Waals surface area contributed by atoms with Crippen molar-refractivity contribution in [1.82, 2.24) is 0 Å². The molecule has 0 radical (unpaired) electrons. The maximum atomic E-state index is 6.26. The van der Waals surface area contributed by atoms with Crippen molar-refractivity contribution in [2.45, 2.75) is 39.3 Å². The Kier molecular flexibility index (Phi) is 7.46. The van der Waals surface area contributed by atoms with Gasteiger partial charge in [0.05, 0.1) is 13.2 Å². The van der Waals surface area contributed by atoms with Gasteiger partial charge >= 0.3 is 0 Å². The quantitative estimate of drug-likeness (QED) is 0.170. The third-order valence-electron chi connectivity index (χ3n) is 6.26. The number of allylic oxidation sites excluding steroid dienone is 2. The van der Waals surface area contributed by atoms with E-state index < -0.39 is 0 Å². The fraction of sp³-hybridized carbons (Fsp3) is 0.188. The molecular formula is C32H30O4. The SMILES string of the molecule is C=CCc1c(COCc2ccccc2)oc2cc3oc(COCc4ccccc4)c(CC=C)c3cc12. The first kappa shape index (κ1) is 23.9. The van der Waals surface area contributed by atoms with E-state index in [0.717, 1.165) is 55.7 Å². The molecule has 5 aromatic rings. The molecule has 0 bridgehead atoms. The molecule has 3 aromatic carbocycles. The number of fused-ring (bicyclic) bond motifs is 2. The van der Waals surface area contributed by atoms with Gasteiger partial charge in [0.2, 0.25) is 0 Å². The van der Waals surface area contributed by atoms with Crippen LogP contribution in [0.3, 0.4) is 0 Å². The zero-order valence-electron chi connectivity index (χ0n) is 20.4. The molecule has 0 saturated carbocycles. The van der Waals surface area contributed by atoms with Crippen molar-refractivity contribution in [2.75, 3.05) is 0 Å². The van der Waals surface area contributed by atoms with E-state index in [1.54, 1.807) is 0 Å². The van der Waals surface area contributed by atoms with Crippen molar-refractivity contribution in [1.29, 1.82) is 0 Å². The summed E-state index contributed by atoms with van der Waals surface area (Å²) >= 11 is 0. The van der Waals surface area contributed by atoms with Crippen LogP contribution in [0.25, 0.3) is 21.9 Å². The van der Waals surface area contributed by atoms with Crippen LogP contribution in [0.15, 0.2) is 107 Å². The number of hydrogen-bond donors (Lipinski definition) is 0. The summed E-state index contributed by atoms with van der Waals surface area (Å²) < 4.78 is 24.5. The first-order valence-corrected chi connectivity index (χ1v) is 12.2. The van der Waals surface area contributed by atoms with E-state index in [4.69, 9.17) is 18.3 Å². The molecule has 0 aliphatic heterocycles. The molecule has 182 valence electrons. The highest BCUT2D eigenvalue weighted by Crippen LogP contribution is 2.36. The third kappa shape index (κ3) is 5.20. The van der Waals surface area contributed by atoms with Crippen LogP contribution in [0.1, 0.15) is 33.8 Å². The molecule has 0 saturated heterocycles. The molecule has 0 amide bonds. The predicted molar refractivity (Wildman–Crippen MR) is 144 cm³/mol. The lowest BCUT2D eigenvalue weighted by Gasteiger charge is -2.04. The molecule has 0 fully saturated rings. The van der Waals surface area contributed by atoms with Gasteiger partial charge in [0.1, 0.15) is 35.9 Å². The number of rotatable bonds is 12. The van der Waals surface area contributed by atoms with Crippen LogP contribution < -0.4 is 0 Å². The largest absolute Gasteiger partial charge is 0.458 e. The van der Waals surface area contributed by atoms with E-state index in [1.807, 2.05) is 54.6 Å². The van der Waals surface area contributed by atoms with Crippen LogP contribution in [0, 0.1) is 0 Å². The minimum atomic E-state index is 0.395. The average Bonchev–Trinajstić information content (AvgIpc) is 3.41. The Balaban J connectivity index is 1.42. The first-order chi connectivity index (χ1) is 17.8. The Morgan fingerprint density at radius 1 is 0.583 bits per heavy atom. The minimum absolute atomic E-state index is 0.395. The van der Waals surface area contributed by atoms with Crippen LogP contribution in [0.5, 0.6) is 0 Å². The molecule has 0 aliphatic rings. The summed E-state index contributed by atoms with van der Waals surface area (Å²) in [5.74, 6) is 1.65. The normalized spacial score (nSPS) is 11.3. The zero-order valence-corrected chi connectivity index (χ0v) is 20.4. The molecule has 4 heteroatoms. The highest BCUT2D eigenvalue weighted by molar-refractivity contribution is 5.97. The van der Waals surface area contributed by atoms with E-state index in [9.17, 15) is 0 Å². The van der Waals surface area contributed by atoms with Crippen molar-refractivity contribution in [3.8, 4) is 0 Å². The molecular weight excluding hydrogens is 448 g/mol. The van der Waals surface area contributed by atoms with E-state index in [1.165, 1.54) is 0 Å². The number of hydrogen-bond acceptors (Lipinski definition) is 4. The van der Waals surface area contributed by atoms with Crippen molar-refractivity contribution >= 4 is 21.9 Å². The van der Waals surface area contributed by atoms with Crippen LogP contribution in [-0.2, 0) is 48.7 Å². The third-order valence-corrected chi connectivity index (χ3v) is 6.26. The molecule has 0 unspecified atom stereocenters. The second-order valence-electron chi connectivity index (χ2n) is 8.79. The van der Waals surface area contributed by atoms with Gasteiger partial charge in [0.15, 0.2) is 0 Å². The van der Waals surface area contributed by atoms with Crippen LogP contribution in [-0.4, -0.2) is 0 Å². The number of ether oxygens (including phenoxy) is 2. The molecule has 2 heterocycles. The lowest BCUT2D eigenvalue weighted by molar-refractivity contribution is 0.0932. The summed E-state index contributed by atoms with van der Waals surface area (Å²) in [6.45, 7) is 9.76. The Bertz CT molecular complexity index is 1350. The standard InChI is InChI=1S/C32H30O4/c1-3-11-25-27-17-28-26(12-4-2)32(22-34-20-24-15-9-6-10-16-24)36-30(28)18-29(27)35-31(25)21-33-19-23-13-7-5-8-14-23/h3-10,13-18H,1-2,11-12,19-22H2. The van der Waals surface area contributed by atoms with E-state index in [-0.39, 0.29) is 0 Å². The molecule has 0 aliphatic carbocycles. The van der Waals surface area contributed by atoms with Gasteiger partial charge in [-0.05, 0) is 30.0 Å². The molecule has 36 heavy (non-hydrogen) atoms. The molecule has 0 spiro atoms. The van der Waals surface area contributed by atoms with Gasteiger partial charge < -0.3 is 18.3 Å². The summed E-state index contributed by atoms with van der Waals surface area (Å²) in [6.07, 6.45) is 5.20. The molecule has 0 atom stereocenters. The van der Waals surface area contributed by atoms with Crippen molar-refractivity contribution in [2.24, 2.45) is 0 Å². The average molecular weight is 479 g/mol. The topological polar surface area (TPSA) is 44.7 Å². The molecule has 0 N–H and O–H groups in total. The number of furan rings is 2.